The molecular weight excluding hydrogens is 269 g/mol. The lowest BCUT2D eigenvalue weighted by molar-refractivity contribution is 0.198. The zero-order valence-corrected chi connectivity index (χ0v) is 11.0. The first kappa shape index (κ1) is 14.0. The van der Waals surface area contributed by atoms with Crippen LogP contribution in [0.15, 0.2) is 24.3 Å². The standard InChI is InChI=1S/C13H14FNO3S/c1-2-13(10-3-5-11(14)6-4-10)15-19(16,17)12-7-8-18-9-12/h1,3-6,12-13,15H,7-9H2. The Balaban J connectivity index is 2.15. The first-order valence-electron chi connectivity index (χ1n) is 5.83. The average Bonchev–Trinajstić information content (AvgIpc) is 2.92. The third-order valence-corrected chi connectivity index (χ3v) is 4.79. The molecule has 102 valence electrons. The molecule has 6 heteroatoms. The summed E-state index contributed by atoms with van der Waals surface area (Å²) in [5.74, 6) is 1.97. The van der Waals surface area contributed by atoms with Crippen LogP contribution in [0.3, 0.4) is 0 Å². The highest BCUT2D eigenvalue weighted by Gasteiger charge is 2.31. The smallest absolute Gasteiger partial charge is 0.218 e. The lowest BCUT2D eigenvalue weighted by Gasteiger charge is -2.16. The van der Waals surface area contributed by atoms with E-state index in [1.807, 2.05) is 0 Å². The fourth-order valence-electron chi connectivity index (χ4n) is 1.87. The van der Waals surface area contributed by atoms with Gasteiger partial charge in [-0.3, -0.25) is 0 Å². The minimum absolute atomic E-state index is 0.177. The number of halogens is 1. The first-order chi connectivity index (χ1) is 9.03. The van der Waals surface area contributed by atoms with Crippen molar-refractivity contribution in [2.75, 3.05) is 13.2 Å². The lowest BCUT2D eigenvalue weighted by Crippen LogP contribution is -2.36. The maximum Gasteiger partial charge on any atom is 0.218 e. The van der Waals surface area contributed by atoms with Crippen molar-refractivity contribution < 1.29 is 17.5 Å². The van der Waals surface area contributed by atoms with Gasteiger partial charge in [-0.2, -0.15) is 4.72 Å². The Hall–Kier alpha value is -1.42. The van der Waals surface area contributed by atoms with Gasteiger partial charge in [0.05, 0.1) is 6.61 Å². The van der Waals surface area contributed by atoms with E-state index in [1.165, 1.54) is 24.3 Å². The molecule has 1 aromatic rings. The van der Waals surface area contributed by atoms with E-state index in [4.69, 9.17) is 11.2 Å². The minimum atomic E-state index is -3.54. The fraction of sp³-hybridized carbons (Fsp3) is 0.385. The minimum Gasteiger partial charge on any atom is -0.380 e. The van der Waals surface area contributed by atoms with Gasteiger partial charge in [0, 0.05) is 6.61 Å². The number of terminal acetylenes is 1. The fourth-order valence-corrected chi connectivity index (χ4v) is 3.28. The van der Waals surface area contributed by atoms with Crippen LogP contribution in [0, 0.1) is 18.2 Å². The predicted molar refractivity (Wildman–Crippen MR) is 69.3 cm³/mol. The topological polar surface area (TPSA) is 55.4 Å². The van der Waals surface area contributed by atoms with E-state index >= 15 is 0 Å². The van der Waals surface area contributed by atoms with Gasteiger partial charge in [-0.15, -0.1) is 6.42 Å². The Bertz CT molecular complexity index is 571. The zero-order chi connectivity index (χ0) is 13.9. The third-order valence-electron chi connectivity index (χ3n) is 2.98. The second-order valence-electron chi connectivity index (χ2n) is 4.30. The van der Waals surface area contributed by atoms with E-state index in [0.717, 1.165) is 0 Å². The van der Waals surface area contributed by atoms with Crippen LogP contribution in [-0.2, 0) is 14.8 Å². The summed E-state index contributed by atoms with van der Waals surface area (Å²) in [6.07, 6.45) is 5.80. The van der Waals surface area contributed by atoms with Gasteiger partial charge in [-0.05, 0) is 24.1 Å². The van der Waals surface area contributed by atoms with Gasteiger partial charge in [-0.25, -0.2) is 12.8 Å². The number of nitrogens with one attached hydrogen (secondary N) is 1. The van der Waals surface area contributed by atoms with Gasteiger partial charge >= 0.3 is 0 Å². The van der Waals surface area contributed by atoms with Crippen LogP contribution in [0.1, 0.15) is 18.0 Å². The molecule has 2 unspecified atom stereocenters. The molecular formula is C13H14FNO3S. The molecule has 1 aromatic carbocycles. The monoisotopic (exact) mass is 283 g/mol. The van der Waals surface area contributed by atoms with E-state index in [2.05, 4.69) is 10.6 Å². The number of rotatable bonds is 4. The third kappa shape index (κ3) is 3.32. The van der Waals surface area contributed by atoms with Crippen molar-refractivity contribution in [3.05, 3.63) is 35.6 Å². The van der Waals surface area contributed by atoms with Gasteiger partial charge in [-0.1, -0.05) is 18.1 Å². The highest BCUT2D eigenvalue weighted by molar-refractivity contribution is 7.90. The predicted octanol–water partition coefficient (Wildman–Crippen LogP) is 1.21. The molecule has 19 heavy (non-hydrogen) atoms. The molecule has 1 aliphatic heterocycles. The van der Waals surface area contributed by atoms with Crippen LogP contribution in [0.5, 0.6) is 0 Å². The van der Waals surface area contributed by atoms with Gasteiger partial charge in [0.2, 0.25) is 10.0 Å². The summed E-state index contributed by atoms with van der Waals surface area (Å²) in [5, 5.41) is -0.580. The summed E-state index contributed by atoms with van der Waals surface area (Å²) in [6.45, 7) is 0.610. The molecule has 1 heterocycles. The van der Waals surface area contributed by atoms with E-state index in [-0.39, 0.29) is 6.61 Å². The maximum atomic E-state index is 12.8. The van der Waals surface area contributed by atoms with Gasteiger partial charge in [0.1, 0.15) is 17.1 Å². The molecule has 1 N–H and O–H groups in total. The Morgan fingerprint density at radius 2 is 2.11 bits per heavy atom. The van der Waals surface area contributed by atoms with Crippen LogP contribution in [-0.4, -0.2) is 26.9 Å². The second kappa shape index (κ2) is 5.70. The summed E-state index contributed by atoms with van der Waals surface area (Å²) < 4.78 is 44.5. The number of ether oxygens (including phenoxy) is 1. The van der Waals surface area contributed by atoms with Gasteiger partial charge in [0.25, 0.3) is 0 Å². The summed E-state index contributed by atoms with van der Waals surface area (Å²) in [6, 6.07) is 4.62. The molecule has 0 bridgehead atoms. The van der Waals surface area contributed by atoms with E-state index in [1.54, 1.807) is 0 Å². The van der Waals surface area contributed by atoms with Crippen LogP contribution in [0.4, 0.5) is 4.39 Å². The summed E-state index contributed by atoms with van der Waals surface area (Å²) in [7, 11) is -3.54. The Morgan fingerprint density at radius 1 is 1.42 bits per heavy atom. The lowest BCUT2D eigenvalue weighted by atomic mass is 10.1. The van der Waals surface area contributed by atoms with Crippen molar-refractivity contribution in [2.45, 2.75) is 17.7 Å². The number of hydrogen-bond acceptors (Lipinski definition) is 3. The first-order valence-corrected chi connectivity index (χ1v) is 7.38. The normalized spacial score (nSPS) is 20.9. The van der Waals surface area contributed by atoms with Crippen LogP contribution < -0.4 is 4.72 Å². The van der Waals surface area contributed by atoms with E-state index in [9.17, 15) is 12.8 Å². The molecule has 1 saturated heterocycles. The summed E-state index contributed by atoms with van der Waals surface area (Å²) in [4.78, 5) is 0. The molecule has 2 rings (SSSR count). The van der Waals surface area contributed by atoms with E-state index in [0.29, 0.717) is 18.6 Å². The number of hydrogen-bond donors (Lipinski definition) is 1. The Labute approximate surface area is 112 Å². The van der Waals surface area contributed by atoms with Gasteiger partial charge in [0.15, 0.2) is 0 Å². The summed E-state index contributed by atoms with van der Waals surface area (Å²) >= 11 is 0. The Morgan fingerprint density at radius 3 is 2.63 bits per heavy atom. The van der Waals surface area contributed by atoms with Crippen LogP contribution in [0.2, 0.25) is 0 Å². The second-order valence-corrected chi connectivity index (χ2v) is 6.29. The van der Waals surface area contributed by atoms with Crippen molar-refractivity contribution in [1.29, 1.82) is 0 Å². The van der Waals surface area contributed by atoms with Crippen molar-refractivity contribution in [2.24, 2.45) is 0 Å². The van der Waals surface area contributed by atoms with Crippen molar-refractivity contribution in [3.8, 4) is 12.3 Å². The molecule has 0 radical (unpaired) electrons. The van der Waals surface area contributed by atoms with E-state index < -0.39 is 27.1 Å². The largest absolute Gasteiger partial charge is 0.380 e. The molecule has 0 spiro atoms. The van der Waals surface area contributed by atoms with Crippen molar-refractivity contribution in [1.82, 2.24) is 4.72 Å². The molecule has 0 aromatic heterocycles. The number of sulfonamides is 1. The maximum absolute atomic E-state index is 12.8. The SMILES string of the molecule is C#CC(NS(=O)(=O)C1CCOC1)c1ccc(F)cc1. The Kier molecular flexibility index (Phi) is 4.20. The summed E-state index contributed by atoms with van der Waals surface area (Å²) in [5.41, 5.74) is 0.534. The van der Waals surface area contributed by atoms with Crippen molar-refractivity contribution >= 4 is 10.0 Å². The molecule has 1 aliphatic rings. The molecule has 0 aliphatic carbocycles. The molecule has 0 saturated carbocycles. The highest BCUT2D eigenvalue weighted by Crippen LogP contribution is 2.18. The van der Waals surface area contributed by atoms with Crippen molar-refractivity contribution in [3.63, 3.8) is 0 Å². The molecule has 1 fully saturated rings. The quantitative estimate of drug-likeness (QED) is 0.845. The molecule has 2 atom stereocenters. The van der Waals surface area contributed by atoms with Gasteiger partial charge < -0.3 is 4.74 Å². The molecule has 0 amide bonds. The molecule has 4 nitrogen and oxygen atoms in total. The van der Waals surface area contributed by atoms with Crippen LogP contribution in [0.25, 0.3) is 0 Å². The van der Waals surface area contributed by atoms with Crippen LogP contribution >= 0.6 is 0 Å². The number of benzene rings is 1. The zero-order valence-electron chi connectivity index (χ0n) is 10.2. The highest BCUT2D eigenvalue weighted by atomic mass is 32.2. The average molecular weight is 283 g/mol.